The van der Waals surface area contributed by atoms with E-state index in [2.05, 4.69) is 16.0 Å². The molecule has 1 aromatic carbocycles. The summed E-state index contributed by atoms with van der Waals surface area (Å²) in [7, 11) is 0. The number of nitro groups is 1. The van der Waals surface area contributed by atoms with Crippen LogP contribution in [0.2, 0.25) is 0 Å². The molecule has 0 unspecified atom stereocenters. The first-order chi connectivity index (χ1) is 9.63. The predicted octanol–water partition coefficient (Wildman–Crippen LogP) is 1.50. The Bertz CT molecular complexity index is 531. The summed E-state index contributed by atoms with van der Waals surface area (Å²) in [4.78, 5) is 22.3. The summed E-state index contributed by atoms with van der Waals surface area (Å²) >= 11 is 0. The lowest BCUT2D eigenvalue weighted by atomic mass is 10.1. The number of amides is 1. The smallest absolute Gasteiger partial charge is 0.292 e. The Morgan fingerprint density at radius 2 is 2.30 bits per heavy atom. The summed E-state index contributed by atoms with van der Waals surface area (Å²) in [5, 5.41) is 19.9. The molecule has 108 valence electrons. The molecule has 0 radical (unpaired) electrons. The Labute approximate surface area is 116 Å². The van der Waals surface area contributed by atoms with Crippen molar-refractivity contribution < 1.29 is 9.72 Å². The summed E-state index contributed by atoms with van der Waals surface area (Å²) in [5.74, 6) is -0.162. The van der Waals surface area contributed by atoms with Crippen molar-refractivity contribution in [3.8, 4) is 0 Å². The maximum Gasteiger partial charge on any atom is 0.292 e. The van der Waals surface area contributed by atoms with Crippen molar-refractivity contribution in [2.75, 3.05) is 30.3 Å². The van der Waals surface area contributed by atoms with E-state index in [1.165, 1.54) is 6.07 Å². The van der Waals surface area contributed by atoms with Gasteiger partial charge in [-0.15, -0.1) is 0 Å². The summed E-state index contributed by atoms with van der Waals surface area (Å²) in [6.45, 7) is 3.37. The third kappa shape index (κ3) is 2.98. The van der Waals surface area contributed by atoms with Crippen molar-refractivity contribution in [3.05, 3.63) is 27.8 Å². The Balaban J connectivity index is 2.15. The minimum Gasteiger partial charge on any atom is -0.384 e. The van der Waals surface area contributed by atoms with Gasteiger partial charge in [0.15, 0.2) is 0 Å². The second-order valence-electron chi connectivity index (χ2n) is 4.62. The number of fused-ring (bicyclic) bond motifs is 1. The molecule has 1 amide bonds. The van der Waals surface area contributed by atoms with Crippen molar-refractivity contribution in [1.82, 2.24) is 5.32 Å². The lowest BCUT2D eigenvalue weighted by Gasteiger charge is -2.11. The zero-order valence-electron chi connectivity index (χ0n) is 11.4. The van der Waals surface area contributed by atoms with Crippen molar-refractivity contribution >= 4 is 23.0 Å². The minimum absolute atomic E-state index is 0.00995. The summed E-state index contributed by atoms with van der Waals surface area (Å²) < 4.78 is 0. The molecule has 0 fully saturated rings. The van der Waals surface area contributed by atoms with Gasteiger partial charge >= 0.3 is 0 Å². The van der Waals surface area contributed by atoms with Crippen molar-refractivity contribution in [2.24, 2.45) is 0 Å². The van der Waals surface area contributed by atoms with E-state index in [-0.39, 0.29) is 18.1 Å². The number of rotatable bonds is 6. The number of anilines is 2. The molecule has 0 saturated heterocycles. The molecular formula is C13H18N4O3. The molecule has 1 aliphatic heterocycles. The Morgan fingerprint density at radius 1 is 1.50 bits per heavy atom. The van der Waals surface area contributed by atoms with Gasteiger partial charge in [-0.05, 0) is 18.9 Å². The number of nitro benzene ring substituents is 1. The van der Waals surface area contributed by atoms with E-state index in [1.807, 2.05) is 6.92 Å². The molecule has 1 aliphatic rings. The van der Waals surface area contributed by atoms with Gasteiger partial charge in [0.05, 0.1) is 11.5 Å². The van der Waals surface area contributed by atoms with E-state index in [0.717, 1.165) is 30.6 Å². The van der Waals surface area contributed by atoms with E-state index >= 15 is 0 Å². The van der Waals surface area contributed by atoms with Gasteiger partial charge in [0.25, 0.3) is 5.69 Å². The summed E-state index contributed by atoms with van der Waals surface area (Å²) in [5.41, 5.74) is 2.23. The molecule has 0 aliphatic carbocycles. The predicted molar refractivity (Wildman–Crippen MR) is 77.1 cm³/mol. The number of nitrogens with zero attached hydrogens (tertiary/aromatic N) is 1. The van der Waals surface area contributed by atoms with Crippen LogP contribution in [-0.2, 0) is 11.2 Å². The molecule has 7 nitrogen and oxygen atoms in total. The molecule has 2 rings (SSSR count). The summed E-state index contributed by atoms with van der Waals surface area (Å²) in [6.07, 6.45) is 1.58. The van der Waals surface area contributed by atoms with E-state index in [9.17, 15) is 14.9 Å². The van der Waals surface area contributed by atoms with Crippen LogP contribution in [0.4, 0.5) is 17.1 Å². The quantitative estimate of drug-likeness (QED) is 0.541. The monoisotopic (exact) mass is 278 g/mol. The van der Waals surface area contributed by atoms with Crippen LogP contribution in [0.5, 0.6) is 0 Å². The minimum atomic E-state index is -0.426. The van der Waals surface area contributed by atoms with Crippen molar-refractivity contribution in [3.63, 3.8) is 0 Å². The van der Waals surface area contributed by atoms with Crippen LogP contribution in [-0.4, -0.2) is 30.5 Å². The average Bonchev–Trinajstić information content (AvgIpc) is 2.90. The van der Waals surface area contributed by atoms with Crippen LogP contribution < -0.4 is 16.0 Å². The number of hydrogen-bond acceptors (Lipinski definition) is 5. The van der Waals surface area contributed by atoms with Gasteiger partial charge in [-0.3, -0.25) is 14.9 Å². The number of hydrogen-bond donors (Lipinski definition) is 3. The third-order valence-electron chi connectivity index (χ3n) is 3.18. The molecule has 1 aromatic rings. The molecule has 7 heteroatoms. The van der Waals surface area contributed by atoms with Gasteiger partial charge in [0, 0.05) is 30.4 Å². The number of carbonyl (C=O) groups is 1. The van der Waals surface area contributed by atoms with Gasteiger partial charge in [-0.25, -0.2) is 0 Å². The Morgan fingerprint density at radius 3 is 3.00 bits per heavy atom. The molecule has 1 heterocycles. The lowest BCUT2D eigenvalue weighted by Crippen LogP contribution is -2.30. The standard InChI is InChI=1S/C13H18N4O3/c1-2-6-15-12(18)8-16-13-9-5-7-14-10(9)3-4-11(13)17(19)20/h3-4,14,16H,2,5-8H2,1H3,(H,15,18). The fourth-order valence-corrected chi connectivity index (χ4v) is 2.23. The van der Waals surface area contributed by atoms with Crippen LogP contribution >= 0.6 is 0 Å². The van der Waals surface area contributed by atoms with Gasteiger partial charge in [-0.1, -0.05) is 6.92 Å². The highest BCUT2D eigenvalue weighted by Gasteiger charge is 2.23. The third-order valence-corrected chi connectivity index (χ3v) is 3.18. The second-order valence-corrected chi connectivity index (χ2v) is 4.62. The molecule has 20 heavy (non-hydrogen) atoms. The van der Waals surface area contributed by atoms with Gasteiger partial charge in [0.1, 0.15) is 5.69 Å². The molecule has 0 bridgehead atoms. The van der Waals surface area contributed by atoms with Crippen LogP contribution in [0, 0.1) is 10.1 Å². The van der Waals surface area contributed by atoms with Gasteiger partial charge < -0.3 is 16.0 Å². The molecular weight excluding hydrogens is 260 g/mol. The van der Waals surface area contributed by atoms with Crippen LogP contribution in [0.25, 0.3) is 0 Å². The van der Waals surface area contributed by atoms with Crippen LogP contribution in [0.1, 0.15) is 18.9 Å². The highest BCUT2D eigenvalue weighted by atomic mass is 16.6. The fraction of sp³-hybridized carbons (Fsp3) is 0.462. The molecule has 0 atom stereocenters. The first-order valence-electron chi connectivity index (χ1n) is 6.68. The number of carbonyl (C=O) groups excluding carboxylic acids is 1. The van der Waals surface area contributed by atoms with E-state index in [0.29, 0.717) is 12.2 Å². The molecule has 0 spiro atoms. The Kier molecular flexibility index (Phi) is 4.39. The van der Waals surface area contributed by atoms with Crippen LogP contribution in [0.3, 0.4) is 0 Å². The number of benzene rings is 1. The first-order valence-corrected chi connectivity index (χ1v) is 6.68. The number of nitrogens with one attached hydrogen (secondary N) is 3. The normalized spacial score (nSPS) is 12.4. The molecule has 0 saturated carbocycles. The maximum absolute atomic E-state index is 11.6. The zero-order chi connectivity index (χ0) is 14.5. The topological polar surface area (TPSA) is 96.3 Å². The van der Waals surface area contributed by atoms with Crippen molar-refractivity contribution in [2.45, 2.75) is 19.8 Å². The molecule has 0 aromatic heterocycles. The van der Waals surface area contributed by atoms with Crippen LogP contribution in [0.15, 0.2) is 12.1 Å². The molecule has 3 N–H and O–H groups in total. The average molecular weight is 278 g/mol. The maximum atomic E-state index is 11.6. The van der Waals surface area contributed by atoms with Gasteiger partial charge in [0.2, 0.25) is 5.91 Å². The highest BCUT2D eigenvalue weighted by molar-refractivity contribution is 5.84. The SMILES string of the molecule is CCCNC(=O)CNc1c([N+](=O)[O-])ccc2c1CCN2. The summed E-state index contributed by atoms with van der Waals surface area (Å²) in [6, 6.07) is 3.17. The lowest BCUT2D eigenvalue weighted by molar-refractivity contribution is -0.384. The fourth-order valence-electron chi connectivity index (χ4n) is 2.23. The zero-order valence-corrected chi connectivity index (χ0v) is 11.4. The highest BCUT2D eigenvalue weighted by Crippen LogP contribution is 2.36. The second kappa shape index (κ2) is 6.23. The largest absolute Gasteiger partial charge is 0.384 e. The van der Waals surface area contributed by atoms with E-state index in [1.54, 1.807) is 6.07 Å². The van der Waals surface area contributed by atoms with Gasteiger partial charge in [-0.2, -0.15) is 0 Å². The first kappa shape index (κ1) is 14.1. The van der Waals surface area contributed by atoms with E-state index < -0.39 is 4.92 Å². The van der Waals surface area contributed by atoms with E-state index in [4.69, 9.17) is 0 Å². The Hall–Kier alpha value is -2.31. The van der Waals surface area contributed by atoms with Crippen molar-refractivity contribution in [1.29, 1.82) is 0 Å².